The number of carbonyl (C=O) groups excluding carboxylic acids is 1. The van der Waals surface area contributed by atoms with E-state index in [1.165, 1.54) is 0 Å². The van der Waals surface area contributed by atoms with E-state index in [-0.39, 0.29) is 5.97 Å². The van der Waals surface area contributed by atoms with Crippen molar-refractivity contribution in [1.29, 1.82) is 0 Å². The van der Waals surface area contributed by atoms with Gasteiger partial charge in [0, 0.05) is 9.50 Å². The second-order valence-electron chi connectivity index (χ2n) is 5.74. The van der Waals surface area contributed by atoms with Crippen LogP contribution < -0.4 is 0 Å². The van der Waals surface area contributed by atoms with Crippen LogP contribution in [0.3, 0.4) is 0 Å². The number of hydrogen-bond donors (Lipinski definition) is 0. The smallest absolute Gasteiger partial charge is 0.338 e. The van der Waals surface area contributed by atoms with E-state index in [1.807, 2.05) is 57.2 Å². The maximum Gasteiger partial charge on any atom is 0.338 e. The third-order valence-electron chi connectivity index (χ3n) is 2.69. The van der Waals surface area contributed by atoms with E-state index in [4.69, 9.17) is 16.3 Å². The van der Waals surface area contributed by atoms with E-state index in [2.05, 4.69) is 15.9 Å². The lowest BCUT2D eigenvalue weighted by Crippen LogP contribution is -2.23. The Bertz CT molecular complexity index is 675. The fourth-order valence-electron chi connectivity index (χ4n) is 1.88. The van der Waals surface area contributed by atoms with Crippen molar-refractivity contribution in [2.24, 2.45) is 0 Å². The van der Waals surface area contributed by atoms with Gasteiger partial charge in [0.2, 0.25) is 0 Å². The molecule has 0 radical (unpaired) electrons. The van der Waals surface area contributed by atoms with Crippen molar-refractivity contribution in [3.05, 3.63) is 57.5 Å². The highest BCUT2D eigenvalue weighted by Gasteiger charge is 2.18. The number of rotatable bonds is 2. The molecule has 0 spiro atoms. The van der Waals surface area contributed by atoms with E-state index < -0.39 is 5.60 Å². The Kier molecular flexibility index (Phi) is 4.74. The minimum Gasteiger partial charge on any atom is -0.456 e. The number of esters is 1. The van der Waals surface area contributed by atoms with Crippen molar-refractivity contribution < 1.29 is 9.53 Å². The first-order valence-corrected chi connectivity index (χ1v) is 7.71. The van der Waals surface area contributed by atoms with Crippen LogP contribution in [0.25, 0.3) is 11.1 Å². The van der Waals surface area contributed by atoms with Gasteiger partial charge in [0.15, 0.2) is 0 Å². The molecule has 0 fully saturated rings. The largest absolute Gasteiger partial charge is 0.456 e. The topological polar surface area (TPSA) is 26.3 Å². The molecule has 0 amide bonds. The normalized spacial score (nSPS) is 11.3. The zero-order valence-corrected chi connectivity index (χ0v) is 14.5. The Morgan fingerprint density at radius 1 is 1.10 bits per heavy atom. The molecule has 0 unspecified atom stereocenters. The summed E-state index contributed by atoms with van der Waals surface area (Å²) in [6.45, 7) is 5.54. The second-order valence-corrected chi connectivity index (χ2v) is 7.09. The quantitative estimate of drug-likeness (QED) is 0.634. The summed E-state index contributed by atoms with van der Waals surface area (Å²) in [6.07, 6.45) is 0. The Balaban J connectivity index is 2.40. The average Bonchev–Trinajstić information content (AvgIpc) is 2.36. The summed E-state index contributed by atoms with van der Waals surface area (Å²) in [5.74, 6) is -0.341. The molecule has 0 saturated heterocycles. The summed E-state index contributed by atoms with van der Waals surface area (Å²) in [6, 6.07) is 13.0. The van der Waals surface area contributed by atoms with Gasteiger partial charge >= 0.3 is 5.97 Å². The molecule has 0 aliphatic heterocycles. The minimum atomic E-state index is -0.518. The molecule has 0 bridgehead atoms. The van der Waals surface area contributed by atoms with Crippen molar-refractivity contribution in [2.75, 3.05) is 0 Å². The first kappa shape index (κ1) is 16.1. The predicted octanol–water partition coefficient (Wildman–Crippen LogP) is 5.72. The summed E-state index contributed by atoms with van der Waals surface area (Å²) in [5, 5.41) is 0.659. The second kappa shape index (κ2) is 6.20. The van der Waals surface area contributed by atoms with Crippen molar-refractivity contribution >= 4 is 33.5 Å². The number of halogens is 2. The SMILES string of the molecule is CC(C)(C)OC(=O)c1cc(Br)cc(-c2cccc(Cl)c2)c1. The van der Waals surface area contributed by atoms with E-state index in [9.17, 15) is 4.79 Å². The van der Waals surface area contributed by atoms with Crippen LogP contribution in [-0.2, 0) is 4.74 Å². The van der Waals surface area contributed by atoms with Gasteiger partial charge in [-0.05, 0) is 62.2 Å². The maximum absolute atomic E-state index is 12.2. The van der Waals surface area contributed by atoms with Gasteiger partial charge in [0.1, 0.15) is 5.60 Å². The highest BCUT2D eigenvalue weighted by atomic mass is 79.9. The molecular formula is C17H16BrClO2. The van der Waals surface area contributed by atoms with Gasteiger partial charge in [0.05, 0.1) is 5.56 Å². The minimum absolute atomic E-state index is 0.341. The molecule has 4 heteroatoms. The van der Waals surface area contributed by atoms with Gasteiger partial charge in [-0.2, -0.15) is 0 Å². The summed E-state index contributed by atoms with van der Waals surface area (Å²) >= 11 is 9.46. The van der Waals surface area contributed by atoms with Gasteiger partial charge < -0.3 is 4.74 Å². The molecule has 2 aromatic carbocycles. The van der Waals surface area contributed by atoms with Crippen molar-refractivity contribution in [3.8, 4) is 11.1 Å². The van der Waals surface area contributed by atoms with Gasteiger partial charge in [-0.1, -0.05) is 39.7 Å². The lowest BCUT2D eigenvalue weighted by molar-refractivity contribution is 0.00695. The van der Waals surface area contributed by atoms with Crippen molar-refractivity contribution in [2.45, 2.75) is 26.4 Å². The van der Waals surface area contributed by atoms with Gasteiger partial charge in [-0.15, -0.1) is 0 Å². The lowest BCUT2D eigenvalue weighted by Gasteiger charge is -2.19. The molecule has 110 valence electrons. The van der Waals surface area contributed by atoms with Crippen LogP contribution in [0.5, 0.6) is 0 Å². The van der Waals surface area contributed by atoms with Crippen LogP contribution in [0.2, 0.25) is 5.02 Å². The number of hydrogen-bond acceptors (Lipinski definition) is 2. The van der Waals surface area contributed by atoms with Crippen LogP contribution in [0.1, 0.15) is 31.1 Å². The monoisotopic (exact) mass is 366 g/mol. The van der Waals surface area contributed by atoms with E-state index >= 15 is 0 Å². The molecule has 0 saturated carbocycles. The zero-order chi connectivity index (χ0) is 15.6. The van der Waals surface area contributed by atoms with Gasteiger partial charge in [0.25, 0.3) is 0 Å². The Hall–Kier alpha value is -1.32. The molecule has 0 aliphatic carbocycles. The third kappa shape index (κ3) is 4.58. The maximum atomic E-state index is 12.2. The summed E-state index contributed by atoms with van der Waals surface area (Å²) in [4.78, 5) is 12.2. The summed E-state index contributed by atoms with van der Waals surface area (Å²) < 4.78 is 6.23. The van der Waals surface area contributed by atoms with Gasteiger partial charge in [-0.25, -0.2) is 4.79 Å². The molecule has 2 aromatic rings. The molecule has 0 atom stereocenters. The third-order valence-corrected chi connectivity index (χ3v) is 3.38. The van der Waals surface area contributed by atoms with E-state index in [0.717, 1.165) is 15.6 Å². The molecule has 0 N–H and O–H groups in total. The summed E-state index contributed by atoms with van der Waals surface area (Å²) in [7, 11) is 0. The van der Waals surface area contributed by atoms with Crippen molar-refractivity contribution in [3.63, 3.8) is 0 Å². The fraction of sp³-hybridized carbons (Fsp3) is 0.235. The lowest BCUT2D eigenvalue weighted by atomic mass is 10.0. The van der Waals surface area contributed by atoms with Crippen LogP contribution in [0.4, 0.5) is 0 Å². The van der Waals surface area contributed by atoms with Gasteiger partial charge in [-0.3, -0.25) is 0 Å². The highest BCUT2D eigenvalue weighted by Crippen LogP contribution is 2.28. The van der Waals surface area contributed by atoms with Crippen LogP contribution in [0.15, 0.2) is 46.9 Å². The fourth-order valence-corrected chi connectivity index (χ4v) is 2.56. The molecule has 0 aromatic heterocycles. The standard InChI is InChI=1S/C17H16BrClO2/c1-17(2,3)21-16(20)13-7-12(8-14(18)9-13)11-5-4-6-15(19)10-11/h4-10H,1-3H3. The predicted molar refractivity (Wildman–Crippen MR) is 89.8 cm³/mol. The van der Waals surface area contributed by atoms with Crippen molar-refractivity contribution in [1.82, 2.24) is 0 Å². The molecule has 2 rings (SSSR count). The Labute approximate surface area is 138 Å². The first-order chi connectivity index (χ1) is 9.74. The zero-order valence-electron chi connectivity index (χ0n) is 12.1. The molecule has 21 heavy (non-hydrogen) atoms. The Morgan fingerprint density at radius 3 is 2.43 bits per heavy atom. The highest BCUT2D eigenvalue weighted by molar-refractivity contribution is 9.10. The van der Waals surface area contributed by atoms with Crippen LogP contribution >= 0.6 is 27.5 Å². The number of ether oxygens (including phenoxy) is 1. The van der Waals surface area contributed by atoms with E-state index in [0.29, 0.717) is 10.6 Å². The summed E-state index contributed by atoms with van der Waals surface area (Å²) in [5.41, 5.74) is 1.85. The molecule has 0 heterocycles. The van der Waals surface area contributed by atoms with Crippen LogP contribution in [0, 0.1) is 0 Å². The Morgan fingerprint density at radius 2 is 1.81 bits per heavy atom. The molecular weight excluding hydrogens is 352 g/mol. The van der Waals surface area contributed by atoms with E-state index in [1.54, 1.807) is 6.07 Å². The number of carbonyl (C=O) groups is 1. The number of benzene rings is 2. The first-order valence-electron chi connectivity index (χ1n) is 6.54. The van der Waals surface area contributed by atoms with Crippen LogP contribution in [-0.4, -0.2) is 11.6 Å². The molecule has 2 nitrogen and oxygen atoms in total. The molecule has 0 aliphatic rings. The average molecular weight is 368 g/mol.